The zero-order valence-electron chi connectivity index (χ0n) is 4.96. The highest BCUT2D eigenvalue weighted by Crippen LogP contribution is 2.27. The van der Waals surface area contributed by atoms with Gasteiger partial charge < -0.3 is 0 Å². The topological polar surface area (TPSA) is 0 Å². The Labute approximate surface area is 55.0 Å². The van der Waals surface area contributed by atoms with E-state index < -0.39 is 31.9 Å². The lowest BCUT2D eigenvalue weighted by Gasteiger charge is -2.14. The molecule has 0 aliphatic rings. The van der Waals surface area contributed by atoms with E-state index in [0.717, 1.165) is 0 Å². The average Bonchev–Trinajstić information content (AvgIpc) is 1.89. The minimum atomic E-state index is -4.15. The maximum Gasteiger partial charge on any atom is 0.312 e. The summed E-state index contributed by atoms with van der Waals surface area (Å²) in [5.41, 5.74) is 0. The highest BCUT2D eigenvalue weighted by atomic mass is 19.3. The number of hydrogen-bond acceptors (Lipinski definition) is 0. The zero-order valence-corrected chi connectivity index (χ0v) is 4.96. The molecule has 0 aromatic rings. The average molecular weight is 161 g/mol. The Balaban J connectivity index is 3.78. The Kier molecular flexibility index (Phi) is 3.60. The van der Waals surface area contributed by atoms with Crippen molar-refractivity contribution in [3.8, 4) is 0 Å². The fraction of sp³-hybridized carbons (Fsp3) is 0.800. The lowest BCUT2D eigenvalue weighted by atomic mass is 10.2. The van der Waals surface area contributed by atoms with Gasteiger partial charge in [-0.1, -0.05) is 0 Å². The summed E-state index contributed by atoms with van der Waals surface area (Å²) in [4.78, 5) is 0. The predicted octanol–water partition coefficient (Wildman–Crippen LogP) is 2.45. The van der Waals surface area contributed by atoms with E-state index in [1.54, 1.807) is 0 Å². The molecule has 0 N–H and O–H groups in total. The molecule has 0 saturated carbocycles. The van der Waals surface area contributed by atoms with Gasteiger partial charge in [0.05, 0.1) is 6.67 Å². The van der Waals surface area contributed by atoms with Crippen LogP contribution >= 0.6 is 0 Å². The Morgan fingerprint density at radius 1 is 1.40 bits per heavy atom. The summed E-state index contributed by atoms with van der Waals surface area (Å²) in [6.07, 6.45) is -3.74. The molecule has 10 heavy (non-hydrogen) atoms. The summed E-state index contributed by atoms with van der Waals surface area (Å²) in [5, 5.41) is 0. The van der Waals surface area contributed by atoms with Crippen LogP contribution in [0.3, 0.4) is 0 Å². The van der Waals surface area contributed by atoms with E-state index in [0.29, 0.717) is 0 Å². The lowest BCUT2D eigenvalue weighted by molar-refractivity contribution is -0.0645. The maximum absolute atomic E-state index is 11.9. The molecule has 0 heterocycles. The van der Waals surface area contributed by atoms with Gasteiger partial charge in [-0.3, -0.25) is 4.39 Å². The molecule has 0 aromatic heterocycles. The summed E-state index contributed by atoms with van der Waals surface area (Å²) < 4.78 is 57.8. The molecule has 1 unspecified atom stereocenters. The number of halogens is 5. The smallest absolute Gasteiger partial charge is 0.251 e. The van der Waals surface area contributed by atoms with Crippen LogP contribution in [-0.4, -0.2) is 18.8 Å². The third-order valence-electron chi connectivity index (χ3n) is 0.926. The molecular weight excluding hydrogens is 155 g/mol. The van der Waals surface area contributed by atoms with Gasteiger partial charge in [0.1, 0.15) is 0 Å². The Morgan fingerprint density at radius 3 is 2.20 bits per heavy atom. The van der Waals surface area contributed by atoms with Crippen LogP contribution in [0.5, 0.6) is 0 Å². The first kappa shape index (κ1) is 9.65. The maximum atomic E-state index is 11.9. The molecule has 0 rings (SSSR count). The molecular formula is C5H6F5. The predicted molar refractivity (Wildman–Crippen MR) is 25.8 cm³/mol. The minimum Gasteiger partial charge on any atom is -0.251 e. The zero-order chi connectivity index (χ0) is 8.20. The van der Waals surface area contributed by atoms with Gasteiger partial charge in [0.15, 0.2) is 6.17 Å². The molecule has 0 saturated heterocycles. The Hall–Kier alpha value is -0.350. The molecule has 0 bridgehead atoms. The van der Waals surface area contributed by atoms with Gasteiger partial charge in [-0.25, -0.2) is 17.6 Å². The third-order valence-corrected chi connectivity index (χ3v) is 0.926. The molecule has 0 spiro atoms. The van der Waals surface area contributed by atoms with E-state index in [4.69, 9.17) is 0 Å². The molecule has 0 aliphatic carbocycles. The van der Waals surface area contributed by atoms with Crippen LogP contribution in [-0.2, 0) is 0 Å². The second-order valence-corrected chi connectivity index (χ2v) is 1.73. The van der Waals surface area contributed by atoms with Gasteiger partial charge in [-0.2, -0.15) is 0 Å². The van der Waals surface area contributed by atoms with Gasteiger partial charge in [0.2, 0.25) is 6.67 Å². The van der Waals surface area contributed by atoms with Crippen LogP contribution < -0.4 is 0 Å². The van der Waals surface area contributed by atoms with Gasteiger partial charge in [0, 0.05) is 6.42 Å². The van der Waals surface area contributed by atoms with Gasteiger partial charge in [0.25, 0.3) is 0 Å². The van der Waals surface area contributed by atoms with Crippen molar-refractivity contribution >= 4 is 0 Å². The summed E-state index contributed by atoms with van der Waals surface area (Å²) >= 11 is 0. The molecule has 5 heteroatoms. The van der Waals surface area contributed by atoms with Crippen LogP contribution in [0.2, 0.25) is 0 Å². The SMILES string of the molecule is F[CH]C(F)(F)C(F)CCF. The van der Waals surface area contributed by atoms with Crippen LogP contribution in [0, 0.1) is 6.67 Å². The lowest BCUT2D eigenvalue weighted by Crippen LogP contribution is -2.29. The first-order chi connectivity index (χ1) is 4.54. The largest absolute Gasteiger partial charge is 0.312 e. The number of hydrogen-bond donors (Lipinski definition) is 0. The normalized spacial score (nSPS) is 15.3. The van der Waals surface area contributed by atoms with Crippen molar-refractivity contribution < 1.29 is 22.0 Å². The Morgan fingerprint density at radius 2 is 1.90 bits per heavy atom. The van der Waals surface area contributed by atoms with Gasteiger partial charge >= 0.3 is 5.92 Å². The fourth-order valence-corrected chi connectivity index (χ4v) is 0.357. The van der Waals surface area contributed by atoms with Crippen molar-refractivity contribution in [2.24, 2.45) is 0 Å². The van der Waals surface area contributed by atoms with Crippen molar-refractivity contribution in [3.05, 3.63) is 6.67 Å². The highest BCUT2D eigenvalue weighted by Gasteiger charge is 2.40. The summed E-state index contributed by atoms with van der Waals surface area (Å²) in [5.74, 6) is -4.15. The first-order valence-corrected chi connectivity index (χ1v) is 2.57. The number of alkyl halides is 4. The van der Waals surface area contributed by atoms with E-state index in [-0.39, 0.29) is 0 Å². The van der Waals surface area contributed by atoms with Crippen molar-refractivity contribution in [1.82, 2.24) is 0 Å². The van der Waals surface area contributed by atoms with Crippen molar-refractivity contribution in [3.63, 3.8) is 0 Å². The van der Waals surface area contributed by atoms with Crippen LogP contribution in [0.1, 0.15) is 6.42 Å². The summed E-state index contributed by atoms with van der Waals surface area (Å²) in [6, 6.07) is 0. The van der Waals surface area contributed by atoms with E-state index in [1.807, 2.05) is 0 Å². The highest BCUT2D eigenvalue weighted by molar-refractivity contribution is 4.83. The molecule has 1 atom stereocenters. The third kappa shape index (κ3) is 2.49. The molecule has 0 nitrogen and oxygen atoms in total. The van der Waals surface area contributed by atoms with Crippen molar-refractivity contribution in [2.75, 3.05) is 6.67 Å². The van der Waals surface area contributed by atoms with Crippen LogP contribution in [0.4, 0.5) is 22.0 Å². The molecule has 0 aromatic carbocycles. The standard InChI is InChI=1S/C5H6F5/c6-2-1-4(8)5(9,10)3-7/h3-4H,1-2H2. The second kappa shape index (κ2) is 3.73. The van der Waals surface area contributed by atoms with E-state index in [2.05, 4.69) is 0 Å². The van der Waals surface area contributed by atoms with E-state index in [9.17, 15) is 22.0 Å². The quantitative estimate of drug-likeness (QED) is 0.555. The molecule has 0 aliphatic heterocycles. The molecule has 0 fully saturated rings. The van der Waals surface area contributed by atoms with Crippen molar-refractivity contribution in [2.45, 2.75) is 18.5 Å². The van der Waals surface area contributed by atoms with E-state index in [1.165, 1.54) is 0 Å². The monoisotopic (exact) mass is 161 g/mol. The second-order valence-electron chi connectivity index (χ2n) is 1.73. The number of rotatable bonds is 4. The fourth-order valence-electron chi connectivity index (χ4n) is 0.357. The Bertz CT molecular complexity index is 92.0. The molecule has 61 valence electrons. The first-order valence-electron chi connectivity index (χ1n) is 2.57. The van der Waals surface area contributed by atoms with Crippen molar-refractivity contribution in [1.29, 1.82) is 0 Å². The molecule has 1 radical (unpaired) electrons. The summed E-state index contributed by atoms with van der Waals surface area (Å²) in [7, 11) is 0. The van der Waals surface area contributed by atoms with E-state index >= 15 is 0 Å². The summed E-state index contributed by atoms with van der Waals surface area (Å²) in [6.45, 7) is -2.28. The molecule has 0 amide bonds. The van der Waals surface area contributed by atoms with Gasteiger partial charge in [-0.05, 0) is 0 Å². The van der Waals surface area contributed by atoms with Crippen LogP contribution in [0.15, 0.2) is 0 Å². The minimum absolute atomic E-state index is 0.979. The van der Waals surface area contributed by atoms with Crippen LogP contribution in [0.25, 0.3) is 0 Å². The van der Waals surface area contributed by atoms with Gasteiger partial charge in [-0.15, -0.1) is 0 Å².